The van der Waals surface area contributed by atoms with Crippen molar-refractivity contribution in [2.45, 2.75) is 6.04 Å². The molecule has 0 bridgehead atoms. The van der Waals surface area contributed by atoms with E-state index in [0.29, 0.717) is 18.1 Å². The van der Waals surface area contributed by atoms with Crippen molar-refractivity contribution in [3.63, 3.8) is 0 Å². The summed E-state index contributed by atoms with van der Waals surface area (Å²) in [6.07, 6.45) is 0. The molecule has 1 aliphatic heterocycles. The van der Waals surface area contributed by atoms with E-state index in [1.54, 1.807) is 6.07 Å². The van der Waals surface area contributed by atoms with Gasteiger partial charge in [-0.3, -0.25) is 4.79 Å². The first kappa shape index (κ1) is 13.1. The van der Waals surface area contributed by atoms with Gasteiger partial charge in [-0.1, -0.05) is 23.7 Å². The predicted molar refractivity (Wildman–Crippen MR) is 78.4 cm³/mol. The Morgan fingerprint density at radius 1 is 1.40 bits per heavy atom. The lowest BCUT2D eigenvalue weighted by Crippen LogP contribution is -2.54. The van der Waals surface area contributed by atoms with E-state index in [4.69, 9.17) is 16.7 Å². The molecule has 1 fully saturated rings. The highest BCUT2D eigenvalue weighted by atomic mass is 35.5. The summed E-state index contributed by atoms with van der Waals surface area (Å²) in [5.74, 6) is -0.0770. The normalized spacial score (nSPS) is 19.2. The summed E-state index contributed by atoms with van der Waals surface area (Å²) >= 11 is 6.16. The minimum absolute atomic E-state index is 0.401. The number of hydrogen-bond donors (Lipinski definition) is 2. The van der Waals surface area contributed by atoms with Crippen LogP contribution in [-0.4, -0.2) is 41.7 Å². The molecule has 1 aromatic heterocycles. The Morgan fingerprint density at radius 2 is 2.25 bits per heavy atom. The van der Waals surface area contributed by atoms with E-state index in [1.807, 2.05) is 29.2 Å². The van der Waals surface area contributed by atoms with Gasteiger partial charge in [0.25, 0.3) is 0 Å². The van der Waals surface area contributed by atoms with Crippen molar-refractivity contribution >= 4 is 34.3 Å². The van der Waals surface area contributed by atoms with Crippen molar-refractivity contribution in [3.05, 3.63) is 35.4 Å². The topological polar surface area (TPSA) is 65.5 Å². The highest BCUT2D eigenvalue weighted by Gasteiger charge is 2.25. The molecule has 5 nitrogen and oxygen atoms in total. The summed E-state index contributed by atoms with van der Waals surface area (Å²) in [6, 6.07) is 8.95. The fourth-order valence-corrected chi connectivity index (χ4v) is 2.62. The second kappa shape index (κ2) is 5.26. The molecule has 1 aliphatic rings. The quantitative estimate of drug-likeness (QED) is 0.882. The molecule has 0 saturated carbocycles. The van der Waals surface area contributed by atoms with E-state index in [2.05, 4.69) is 10.3 Å². The second-order valence-electron chi connectivity index (χ2n) is 4.77. The van der Waals surface area contributed by atoms with E-state index in [0.717, 1.165) is 23.3 Å². The maximum absolute atomic E-state index is 11.1. The molecule has 0 aliphatic carbocycles. The van der Waals surface area contributed by atoms with Crippen LogP contribution >= 0.6 is 11.6 Å². The maximum Gasteiger partial charge on any atom is 0.322 e. The smallest absolute Gasteiger partial charge is 0.322 e. The van der Waals surface area contributed by atoms with E-state index >= 15 is 0 Å². The lowest BCUT2D eigenvalue weighted by molar-refractivity contribution is -0.139. The zero-order chi connectivity index (χ0) is 14.1. The van der Waals surface area contributed by atoms with Gasteiger partial charge in [-0.2, -0.15) is 0 Å². The van der Waals surface area contributed by atoms with Crippen LogP contribution in [0.3, 0.4) is 0 Å². The van der Waals surface area contributed by atoms with Crippen LogP contribution in [0.1, 0.15) is 0 Å². The van der Waals surface area contributed by atoms with Crippen LogP contribution in [0.2, 0.25) is 5.02 Å². The number of pyridine rings is 1. The third-order valence-electron chi connectivity index (χ3n) is 3.45. The fraction of sp³-hybridized carbons (Fsp3) is 0.286. The Kier molecular flexibility index (Phi) is 3.46. The number of rotatable bonds is 2. The molecule has 1 aromatic carbocycles. The largest absolute Gasteiger partial charge is 0.480 e. The van der Waals surface area contributed by atoms with Gasteiger partial charge in [-0.25, -0.2) is 4.98 Å². The van der Waals surface area contributed by atoms with Crippen molar-refractivity contribution in [3.8, 4) is 0 Å². The molecule has 6 heteroatoms. The number of aromatic nitrogens is 1. The number of nitrogens with zero attached hydrogens (tertiary/aromatic N) is 2. The number of para-hydroxylation sites is 1. The summed E-state index contributed by atoms with van der Waals surface area (Å²) in [5, 5.41) is 13.6. The van der Waals surface area contributed by atoms with Crippen LogP contribution in [0.5, 0.6) is 0 Å². The van der Waals surface area contributed by atoms with Crippen LogP contribution in [0, 0.1) is 0 Å². The van der Waals surface area contributed by atoms with Gasteiger partial charge < -0.3 is 15.3 Å². The van der Waals surface area contributed by atoms with Gasteiger partial charge in [-0.05, 0) is 18.2 Å². The lowest BCUT2D eigenvalue weighted by atomic mass is 10.2. The number of fused-ring (bicyclic) bond motifs is 1. The maximum atomic E-state index is 11.1. The van der Waals surface area contributed by atoms with Gasteiger partial charge in [-0.15, -0.1) is 0 Å². The summed E-state index contributed by atoms with van der Waals surface area (Å²) in [4.78, 5) is 17.6. The van der Waals surface area contributed by atoms with Crippen LogP contribution in [0.4, 0.5) is 5.82 Å². The van der Waals surface area contributed by atoms with E-state index in [1.165, 1.54) is 0 Å². The molecule has 0 radical (unpaired) electrons. The van der Waals surface area contributed by atoms with Crippen LogP contribution in [0.25, 0.3) is 10.9 Å². The summed E-state index contributed by atoms with van der Waals surface area (Å²) in [6.45, 7) is 1.75. The standard InChI is InChI=1S/C14H14ClN3O2/c15-10-3-1-2-9-4-5-12(17-13(9)10)18-7-6-16-11(8-18)14(19)20/h1-5,11,16H,6-8H2,(H,19,20)/t11-/m0/s1. The summed E-state index contributed by atoms with van der Waals surface area (Å²) in [7, 11) is 0. The molecule has 1 saturated heterocycles. The third kappa shape index (κ3) is 2.42. The molecule has 3 rings (SSSR count). The van der Waals surface area contributed by atoms with Crippen LogP contribution < -0.4 is 10.2 Å². The van der Waals surface area contributed by atoms with Gasteiger partial charge in [0.1, 0.15) is 11.9 Å². The molecule has 0 spiro atoms. The Balaban J connectivity index is 1.93. The first-order valence-corrected chi connectivity index (χ1v) is 6.79. The number of carboxylic acids is 1. The number of piperazine rings is 1. The number of nitrogens with one attached hydrogen (secondary N) is 1. The number of carbonyl (C=O) groups is 1. The fourth-order valence-electron chi connectivity index (χ4n) is 2.40. The molecule has 0 unspecified atom stereocenters. The second-order valence-corrected chi connectivity index (χ2v) is 5.18. The van der Waals surface area contributed by atoms with Gasteiger partial charge in [0.05, 0.1) is 10.5 Å². The minimum Gasteiger partial charge on any atom is -0.480 e. The molecular weight excluding hydrogens is 278 g/mol. The predicted octanol–water partition coefficient (Wildman–Crippen LogP) is 1.75. The zero-order valence-corrected chi connectivity index (χ0v) is 11.5. The zero-order valence-electron chi connectivity index (χ0n) is 10.7. The molecule has 1 atom stereocenters. The van der Waals surface area contributed by atoms with Crippen molar-refractivity contribution in [1.29, 1.82) is 0 Å². The van der Waals surface area contributed by atoms with Crippen molar-refractivity contribution in [1.82, 2.24) is 10.3 Å². The van der Waals surface area contributed by atoms with E-state index in [9.17, 15) is 4.79 Å². The highest BCUT2D eigenvalue weighted by Crippen LogP contribution is 2.24. The molecule has 2 heterocycles. The lowest BCUT2D eigenvalue weighted by Gasteiger charge is -2.32. The van der Waals surface area contributed by atoms with Crippen molar-refractivity contribution < 1.29 is 9.90 Å². The Morgan fingerprint density at radius 3 is 3.05 bits per heavy atom. The van der Waals surface area contributed by atoms with E-state index < -0.39 is 12.0 Å². The molecule has 0 amide bonds. The van der Waals surface area contributed by atoms with Crippen molar-refractivity contribution in [2.24, 2.45) is 0 Å². The monoisotopic (exact) mass is 291 g/mol. The Bertz CT molecular complexity index is 662. The average Bonchev–Trinajstić information content (AvgIpc) is 2.47. The van der Waals surface area contributed by atoms with Crippen LogP contribution in [0.15, 0.2) is 30.3 Å². The average molecular weight is 292 g/mol. The highest BCUT2D eigenvalue weighted by molar-refractivity contribution is 6.35. The Hall–Kier alpha value is -1.85. The SMILES string of the molecule is O=C(O)[C@@H]1CN(c2ccc3cccc(Cl)c3n2)CCN1. The number of anilines is 1. The molecule has 2 N–H and O–H groups in total. The van der Waals surface area contributed by atoms with Gasteiger partial charge >= 0.3 is 5.97 Å². The summed E-state index contributed by atoms with van der Waals surface area (Å²) < 4.78 is 0. The number of hydrogen-bond acceptors (Lipinski definition) is 4. The van der Waals surface area contributed by atoms with E-state index in [-0.39, 0.29) is 0 Å². The van der Waals surface area contributed by atoms with Crippen molar-refractivity contribution in [2.75, 3.05) is 24.5 Å². The molecule has 2 aromatic rings. The number of aliphatic carboxylic acids is 1. The minimum atomic E-state index is -0.839. The molecule has 20 heavy (non-hydrogen) atoms. The molecule has 104 valence electrons. The summed E-state index contributed by atoms with van der Waals surface area (Å²) in [5.41, 5.74) is 0.747. The van der Waals surface area contributed by atoms with Gasteiger partial charge in [0.2, 0.25) is 0 Å². The first-order chi connectivity index (χ1) is 9.65. The number of benzene rings is 1. The van der Waals surface area contributed by atoms with Gasteiger partial charge in [0, 0.05) is 25.0 Å². The molecular formula is C14H14ClN3O2. The third-order valence-corrected chi connectivity index (χ3v) is 3.76. The van der Waals surface area contributed by atoms with Crippen LogP contribution in [-0.2, 0) is 4.79 Å². The number of carboxylic acid groups (broad SMARTS) is 1. The van der Waals surface area contributed by atoms with Gasteiger partial charge in [0.15, 0.2) is 0 Å². The Labute approximate surface area is 121 Å². The number of halogens is 1. The first-order valence-electron chi connectivity index (χ1n) is 6.41.